The van der Waals surface area contributed by atoms with Crippen LogP contribution in [0, 0.1) is 0 Å². The van der Waals surface area contributed by atoms with E-state index in [-0.39, 0.29) is 16.6 Å². The first kappa shape index (κ1) is 20.5. The highest BCUT2D eigenvalue weighted by atomic mass is 16.3. The molecule has 0 fully saturated rings. The average Bonchev–Trinajstić information content (AvgIpc) is 2.55. The summed E-state index contributed by atoms with van der Waals surface area (Å²) < 4.78 is 0. The predicted octanol–water partition coefficient (Wildman–Crippen LogP) is 5.14. The predicted molar refractivity (Wildman–Crippen MR) is 112 cm³/mol. The minimum absolute atomic E-state index is 0.0750. The molecular weight excluding hydrogens is 338 g/mol. The van der Waals surface area contributed by atoms with Crippen molar-refractivity contribution in [2.24, 2.45) is 5.10 Å². The molecule has 0 aliphatic heterocycles. The van der Waals surface area contributed by atoms with Gasteiger partial charge < -0.3 is 10.4 Å². The summed E-state index contributed by atoms with van der Waals surface area (Å²) in [5, 5.41) is 17.4. The molecule has 0 saturated heterocycles. The first-order valence-corrected chi connectivity index (χ1v) is 9.01. The van der Waals surface area contributed by atoms with Gasteiger partial charge in [0.15, 0.2) is 0 Å². The number of nitrogens with zero attached hydrogens (tertiary/aromatic N) is 1. The van der Waals surface area contributed by atoms with Crippen LogP contribution in [-0.4, -0.2) is 17.4 Å². The summed E-state index contributed by atoms with van der Waals surface area (Å²) in [6, 6.07) is 12.6. The highest BCUT2D eigenvalue weighted by molar-refractivity contribution is 5.91. The van der Waals surface area contributed by atoms with Crippen LogP contribution in [0.2, 0.25) is 0 Å². The summed E-state index contributed by atoms with van der Waals surface area (Å²) in [6.45, 7) is 12.5. The number of para-hydroxylation sites is 1. The van der Waals surface area contributed by atoms with E-state index in [1.54, 1.807) is 12.1 Å². The van der Waals surface area contributed by atoms with Crippen LogP contribution >= 0.6 is 0 Å². The van der Waals surface area contributed by atoms with E-state index in [1.165, 1.54) is 6.21 Å². The van der Waals surface area contributed by atoms with Gasteiger partial charge in [0.2, 0.25) is 0 Å². The van der Waals surface area contributed by atoms with E-state index in [0.717, 1.165) is 11.1 Å². The van der Waals surface area contributed by atoms with E-state index in [4.69, 9.17) is 0 Å². The van der Waals surface area contributed by atoms with Crippen molar-refractivity contribution in [3.63, 3.8) is 0 Å². The molecule has 144 valence electrons. The van der Waals surface area contributed by atoms with Gasteiger partial charge in [0.05, 0.1) is 6.21 Å². The molecule has 0 aliphatic rings. The Hall–Kier alpha value is -2.82. The summed E-state index contributed by atoms with van der Waals surface area (Å²) in [5.74, 6) is 0.185. The van der Waals surface area contributed by atoms with Crippen LogP contribution in [0.1, 0.15) is 58.2 Å². The fraction of sp³-hybridized carbons (Fsp3) is 0.364. The third-order valence-corrected chi connectivity index (χ3v) is 4.21. The summed E-state index contributed by atoms with van der Waals surface area (Å²) >= 11 is 0. The number of aromatic hydroxyl groups is 1. The number of phenols is 1. The second-order valence-electron chi connectivity index (χ2n) is 8.65. The number of carbonyl (C=O) groups is 1. The van der Waals surface area contributed by atoms with Gasteiger partial charge in [-0.15, -0.1) is 0 Å². The number of benzene rings is 2. The number of nitrogens with one attached hydrogen (secondary N) is 2. The summed E-state index contributed by atoms with van der Waals surface area (Å²) in [5.41, 5.74) is 5.34. The lowest BCUT2D eigenvalue weighted by Crippen LogP contribution is -2.24. The van der Waals surface area contributed by atoms with Gasteiger partial charge in [-0.05, 0) is 34.6 Å². The average molecular weight is 367 g/mol. The molecule has 0 saturated carbocycles. The van der Waals surface area contributed by atoms with Gasteiger partial charge in [-0.1, -0.05) is 65.8 Å². The van der Waals surface area contributed by atoms with Crippen molar-refractivity contribution in [3.05, 3.63) is 59.2 Å². The zero-order valence-corrected chi connectivity index (χ0v) is 16.9. The third-order valence-electron chi connectivity index (χ3n) is 4.21. The molecule has 2 amide bonds. The molecule has 0 atom stereocenters. The van der Waals surface area contributed by atoms with E-state index < -0.39 is 6.03 Å². The Bertz CT molecular complexity index is 829. The highest BCUT2D eigenvalue weighted by Crippen LogP contribution is 2.37. The number of hydrazone groups is 1. The molecule has 5 nitrogen and oxygen atoms in total. The van der Waals surface area contributed by atoms with E-state index in [2.05, 4.69) is 57.4 Å². The van der Waals surface area contributed by atoms with Crippen LogP contribution in [0.4, 0.5) is 10.5 Å². The van der Waals surface area contributed by atoms with E-state index in [0.29, 0.717) is 11.3 Å². The van der Waals surface area contributed by atoms with Crippen LogP contribution in [-0.2, 0) is 10.8 Å². The first-order valence-electron chi connectivity index (χ1n) is 9.01. The molecule has 5 heteroatoms. The Morgan fingerprint density at radius 1 is 1.00 bits per heavy atom. The molecule has 27 heavy (non-hydrogen) atoms. The molecule has 0 aromatic heterocycles. The number of carbonyl (C=O) groups excluding carboxylic acids is 1. The Morgan fingerprint density at radius 3 is 2.19 bits per heavy atom. The second kappa shape index (κ2) is 7.82. The summed E-state index contributed by atoms with van der Waals surface area (Å²) in [6.07, 6.45) is 1.48. The maximum Gasteiger partial charge on any atom is 0.339 e. The molecule has 2 rings (SSSR count). The monoisotopic (exact) mass is 367 g/mol. The van der Waals surface area contributed by atoms with Crippen LogP contribution in [0.3, 0.4) is 0 Å². The fourth-order valence-corrected chi connectivity index (χ4v) is 2.60. The van der Waals surface area contributed by atoms with Crippen LogP contribution < -0.4 is 10.7 Å². The van der Waals surface area contributed by atoms with Crippen molar-refractivity contribution in [2.75, 3.05) is 5.32 Å². The van der Waals surface area contributed by atoms with Crippen LogP contribution in [0.15, 0.2) is 47.6 Å². The Kier molecular flexibility index (Phi) is 5.94. The minimum Gasteiger partial charge on any atom is -0.507 e. The molecule has 0 aliphatic carbocycles. The summed E-state index contributed by atoms with van der Waals surface area (Å²) in [7, 11) is 0. The maximum atomic E-state index is 11.9. The Balaban J connectivity index is 2.24. The van der Waals surface area contributed by atoms with Gasteiger partial charge in [-0.25, -0.2) is 10.2 Å². The molecular formula is C22H29N3O2. The zero-order chi connectivity index (χ0) is 20.2. The molecule has 0 spiro atoms. The van der Waals surface area contributed by atoms with Crippen LogP contribution in [0.25, 0.3) is 0 Å². The number of urea groups is 1. The molecule has 3 N–H and O–H groups in total. The van der Waals surface area contributed by atoms with Crippen molar-refractivity contribution >= 4 is 17.9 Å². The van der Waals surface area contributed by atoms with E-state index in [9.17, 15) is 9.90 Å². The zero-order valence-electron chi connectivity index (χ0n) is 16.9. The van der Waals surface area contributed by atoms with Gasteiger partial charge in [0.25, 0.3) is 0 Å². The lowest BCUT2D eigenvalue weighted by atomic mass is 9.79. The number of amides is 2. The topological polar surface area (TPSA) is 73.7 Å². The molecule has 2 aromatic rings. The van der Waals surface area contributed by atoms with E-state index >= 15 is 0 Å². The van der Waals surface area contributed by atoms with Gasteiger partial charge in [0.1, 0.15) is 5.75 Å². The molecule has 0 heterocycles. The molecule has 0 radical (unpaired) electrons. The van der Waals surface area contributed by atoms with Gasteiger partial charge in [-0.3, -0.25) is 0 Å². The quantitative estimate of drug-likeness (QED) is 0.519. The largest absolute Gasteiger partial charge is 0.507 e. The smallest absolute Gasteiger partial charge is 0.339 e. The van der Waals surface area contributed by atoms with Gasteiger partial charge in [-0.2, -0.15) is 5.10 Å². The number of hydrogen-bond donors (Lipinski definition) is 3. The molecule has 0 unspecified atom stereocenters. The number of hydrogen-bond acceptors (Lipinski definition) is 3. The minimum atomic E-state index is -0.444. The van der Waals surface area contributed by atoms with Gasteiger partial charge >= 0.3 is 6.03 Å². The first-order chi connectivity index (χ1) is 12.5. The maximum absolute atomic E-state index is 11.9. The number of anilines is 1. The van der Waals surface area contributed by atoms with Crippen molar-refractivity contribution < 1.29 is 9.90 Å². The number of phenolic OH excluding ortho intramolecular Hbond substituents is 1. The molecule has 2 aromatic carbocycles. The lowest BCUT2D eigenvalue weighted by molar-refractivity contribution is 0.252. The van der Waals surface area contributed by atoms with Crippen molar-refractivity contribution in [2.45, 2.75) is 52.4 Å². The lowest BCUT2D eigenvalue weighted by Gasteiger charge is -2.26. The van der Waals surface area contributed by atoms with Crippen molar-refractivity contribution in [1.29, 1.82) is 0 Å². The van der Waals surface area contributed by atoms with Gasteiger partial charge in [0, 0.05) is 16.8 Å². The number of rotatable bonds is 3. The Labute approximate surface area is 161 Å². The summed E-state index contributed by atoms with van der Waals surface area (Å²) in [4.78, 5) is 11.9. The van der Waals surface area contributed by atoms with E-state index in [1.807, 2.05) is 30.3 Å². The normalized spacial score (nSPS) is 12.2. The molecule has 0 bridgehead atoms. The third kappa shape index (κ3) is 5.58. The standard InChI is InChI=1S/C22H29N3O2/c1-21(2,3)16-12-15(19(26)18(13-16)22(4,5)6)14-23-25-20(27)24-17-10-8-7-9-11-17/h7-14,26H,1-6H3,(H2,24,25,27)/b23-14+. The fourth-order valence-electron chi connectivity index (χ4n) is 2.60. The highest BCUT2D eigenvalue weighted by Gasteiger charge is 2.24. The van der Waals surface area contributed by atoms with Crippen molar-refractivity contribution in [3.8, 4) is 5.75 Å². The SMILES string of the molecule is CC(C)(C)c1cc(/C=N/NC(=O)Nc2ccccc2)c(O)c(C(C)(C)C)c1. The van der Waals surface area contributed by atoms with Crippen molar-refractivity contribution in [1.82, 2.24) is 5.43 Å². The Morgan fingerprint density at radius 2 is 1.63 bits per heavy atom. The second-order valence-corrected chi connectivity index (χ2v) is 8.65. The van der Waals surface area contributed by atoms with Crippen LogP contribution in [0.5, 0.6) is 5.75 Å².